The quantitative estimate of drug-likeness (QED) is 0.136. The molecule has 0 radical (unpaired) electrons. The van der Waals surface area contributed by atoms with Crippen LogP contribution in [0.5, 0.6) is 0 Å². The Bertz CT molecular complexity index is 1600. The molecule has 316 valence electrons. The van der Waals surface area contributed by atoms with E-state index in [9.17, 15) is 55.2 Å². The van der Waals surface area contributed by atoms with Crippen molar-refractivity contribution >= 4 is 17.9 Å². The van der Waals surface area contributed by atoms with Crippen molar-refractivity contribution in [1.29, 1.82) is 0 Å². The average molecular weight is 795 g/mol. The van der Waals surface area contributed by atoms with Crippen LogP contribution in [0.3, 0.4) is 0 Å². The Hall–Kier alpha value is -2.21. The first kappa shape index (κ1) is 41.9. The number of rotatable bonds is 7. The maximum absolute atomic E-state index is 12.5. The maximum atomic E-state index is 12.5. The van der Waals surface area contributed by atoms with Gasteiger partial charge in [-0.1, -0.05) is 46.3 Å². The molecule has 15 nitrogen and oxygen atoms in total. The predicted octanol–water partition coefficient (Wildman–Crippen LogP) is 2.68. The first-order valence-corrected chi connectivity index (χ1v) is 20.4. The van der Waals surface area contributed by atoms with Crippen molar-refractivity contribution in [3.63, 3.8) is 0 Å². The molecule has 0 bridgehead atoms. The molecule has 6 fully saturated rings. The molecule has 20 atom stereocenters. The van der Waals surface area contributed by atoms with Crippen LogP contribution in [0.25, 0.3) is 0 Å². The van der Waals surface area contributed by atoms with Gasteiger partial charge in [-0.05, 0) is 116 Å². The molecule has 2 saturated heterocycles. The Kier molecular flexibility index (Phi) is 10.6. The maximum Gasteiger partial charge on any atom is 0.335 e. The van der Waals surface area contributed by atoms with E-state index < -0.39 is 90.8 Å². The van der Waals surface area contributed by atoms with E-state index in [1.807, 2.05) is 6.92 Å². The molecule has 0 aromatic rings. The molecule has 7 aliphatic rings. The highest BCUT2D eigenvalue weighted by Gasteiger charge is 2.67. The summed E-state index contributed by atoms with van der Waals surface area (Å²) < 4.78 is 23.3. The molecule has 5 aliphatic carbocycles. The van der Waals surface area contributed by atoms with Crippen molar-refractivity contribution in [3.8, 4) is 0 Å². The van der Waals surface area contributed by atoms with Crippen LogP contribution < -0.4 is 0 Å². The summed E-state index contributed by atoms with van der Waals surface area (Å²) in [4.78, 5) is 36.3. The number of carbonyl (C=O) groups is 3. The van der Waals surface area contributed by atoms with Crippen molar-refractivity contribution in [3.05, 3.63) is 11.6 Å². The van der Waals surface area contributed by atoms with Crippen LogP contribution in [0.1, 0.15) is 106 Å². The van der Waals surface area contributed by atoms with Crippen LogP contribution in [0.4, 0.5) is 0 Å². The fourth-order valence-corrected chi connectivity index (χ4v) is 13.1. The molecular weight excluding hydrogens is 732 g/mol. The summed E-state index contributed by atoms with van der Waals surface area (Å²) in [5.74, 6) is -3.22. The van der Waals surface area contributed by atoms with Crippen LogP contribution in [-0.4, -0.2) is 126 Å². The molecule has 0 amide bonds. The zero-order valence-electron chi connectivity index (χ0n) is 33.2. The van der Waals surface area contributed by atoms with Crippen LogP contribution >= 0.6 is 0 Å². The molecule has 2 heterocycles. The Labute approximate surface area is 327 Å². The normalized spacial score (nSPS) is 54.3. The summed E-state index contributed by atoms with van der Waals surface area (Å²) in [6.07, 6.45) is -8.53. The number of aliphatic hydroxyl groups excluding tert-OH is 5. The molecule has 0 aromatic carbocycles. The van der Waals surface area contributed by atoms with Gasteiger partial charge in [-0.3, -0.25) is 4.79 Å². The number of hydrogen-bond acceptors (Lipinski definition) is 12. The van der Waals surface area contributed by atoms with Crippen molar-refractivity contribution in [2.45, 2.75) is 173 Å². The number of fused-ring (bicyclic) bond motifs is 7. The van der Waals surface area contributed by atoms with Gasteiger partial charge in [-0.15, -0.1) is 0 Å². The third-order valence-corrected chi connectivity index (χ3v) is 17.1. The Morgan fingerprint density at radius 2 is 1.32 bits per heavy atom. The summed E-state index contributed by atoms with van der Waals surface area (Å²) >= 11 is 0. The second kappa shape index (κ2) is 14.2. The summed E-state index contributed by atoms with van der Waals surface area (Å²) in [5, 5.41) is 82.7. The van der Waals surface area contributed by atoms with E-state index in [1.165, 1.54) is 5.57 Å². The van der Waals surface area contributed by atoms with E-state index in [1.54, 1.807) is 0 Å². The van der Waals surface area contributed by atoms with Gasteiger partial charge in [0, 0.05) is 0 Å². The third-order valence-electron chi connectivity index (χ3n) is 17.1. The highest BCUT2D eigenvalue weighted by molar-refractivity contribution is 5.75. The number of hydrogen-bond donors (Lipinski definition) is 8. The minimum Gasteiger partial charge on any atom is -0.481 e. The molecule has 0 aromatic heterocycles. The lowest BCUT2D eigenvalue weighted by Crippen LogP contribution is -2.66. The van der Waals surface area contributed by atoms with E-state index in [0.29, 0.717) is 25.2 Å². The molecule has 0 unspecified atom stereocenters. The van der Waals surface area contributed by atoms with E-state index in [2.05, 4.69) is 40.7 Å². The minimum absolute atomic E-state index is 0.0265. The van der Waals surface area contributed by atoms with Gasteiger partial charge in [-0.25, -0.2) is 9.59 Å². The third kappa shape index (κ3) is 6.20. The molecular formula is C41H62O15. The first-order chi connectivity index (χ1) is 26.0. The smallest absolute Gasteiger partial charge is 0.335 e. The molecule has 0 spiro atoms. The second-order valence-corrected chi connectivity index (χ2v) is 19.8. The van der Waals surface area contributed by atoms with E-state index >= 15 is 0 Å². The highest BCUT2D eigenvalue weighted by atomic mass is 16.8. The van der Waals surface area contributed by atoms with E-state index in [0.717, 1.165) is 44.9 Å². The van der Waals surface area contributed by atoms with Crippen molar-refractivity contribution < 1.29 is 74.2 Å². The summed E-state index contributed by atoms with van der Waals surface area (Å²) in [5.41, 5.74) is 0.604. The molecule has 4 saturated carbocycles. The Morgan fingerprint density at radius 3 is 1.95 bits per heavy atom. The Balaban J connectivity index is 1.13. The van der Waals surface area contributed by atoms with Gasteiger partial charge >= 0.3 is 17.9 Å². The number of ether oxygens (including phenoxy) is 4. The molecule has 8 N–H and O–H groups in total. The summed E-state index contributed by atoms with van der Waals surface area (Å²) in [6, 6.07) is 0. The van der Waals surface area contributed by atoms with Gasteiger partial charge in [0.1, 0.15) is 36.6 Å². The fraction of sp³-hybridized carbons (Fsp3) is 0.878. The lowest BCUT2D eigenvalue weighted by atomic mass is 9.34. The zero-order valence-corrected chi connectivity index (χ0v) is 33.2. The highest BCUT2D eigenvalue weighted by Crippen LogP contribution is 2.75. The summed E-state index contributed by atoms with van der Waals surface area (Å²) in [6.45, 7) is 13.7. The first-order valence-electron chi connectivity index (χ1n) is 20.4. The zero-order chi connectivity index (χ0) is 41.1. The molecule has 56 heavy (non-hydrogen) atoms. The summed E-state index contributed by atoms with van der Waals surface area (Å²) in [7, 11) is 0. The monoisotopic (exact) mass is 794 g/mol. The van der Waals surface area contributed by atoms with Crippen molar-refractivity contribution in [2.75, 3.05) is 0 Å². The van der Waals surface area contributed by atoms with Crippen LogP contribution in [0, 0.1) is 50.7 Å². The molecule has 7 rings (SSSR count). The fourth-order valence-electron chi connectivity index (χ4n) is 13.1. The molecule has 15 heteroatoms. The number of allylic oxidation sites excluding steroid dienone is 2. The second-order valence-electron chi connectivity index (χ2n) is 19.8. The van der Waals surface area contributed by atoms with Gasteiger partial charge in [0.2, 0.25) is 0 Å². The lowest BCUT2D eigenvalue weighted by Gasteiger charge is -2.70. The number of carboxylic acid groups (broad SMARTS) is 3. The van der Waals surface area contributed by atoms with Crippen molar-refractivity contribution in [2.24, 2.45) is 50.7 Å². The van der Waals surface area contributed by atoms with Gasteiger partial charge in [0.05, 0.1) is 11.5 Å². The Morgan fingerprint density at radius 1 is 0.714 bits per heavy atom. The van der Waals surface area contributed by atoms with E-state index in [-0.39, 0.29) is 39.4 Å². The predicted molar refractivity (Wildman–Crippen MR) is 194 cm³/mol. The van der Waals surface area contributed by atoms with Gasteiger partial charge in [0.15, 0.2) is 24.8 Å². The number of aliphatic hydroxyl groups is 5. The topological polar surface area (TPSA) is 250 Å². The standard InChI is InChI=1S/C41H62O15/c1-18-19-9-12-41(6)23(8-7-20-21-17-38(3,36(51)52)14-13-37(21,2)15-16-40(20,41)5)39(19,4)11-10-22(18)53-35-31(27(45)26(44)30(55-35)33(49)50)56-34-28(46)24(42)25(43)29(54-34)32(47)48/h7,18-19,21-31,34-35,42-46H,8-17H2,1-6H3,(H,47,48)(H,49,50)(H,51,52)/t18-,19-,21+,22-,23+,24-,25-,26-,27-,28+,29-,30-,31+,34-,35+,37+,38-,39-,40+,41+/m0/s1. The van der Waals surface area contributed by atoms with E-state index in [4.69, 9.17) is 18.9 Å². The van der Waals surface area contributed by atoms with Crippen molar-refractivity contribution in [1.82, 2.24) is 0 Å². The van der Waals surface area contributed by atoms with Gasteiger partial charge < -0.3 is 59.8 Å². The molecule has 2 aliphatic heterocycles. The van der Waals surface area contributed by atoms with Gasteiger partial charge in [0.25, 0.3) is 0 Å². The minimum atomic E-state index is -2.00. The van der Waals surface area contributed by atoms with Crippen LogP contribution in [-0.2, 0) is 33.3 Å². The lowest BCUT2D eigenvalue weighted by molar-refractivity contribution is -0.368. The SMILES string of the molecule is C[C@@H]1[C@@H](O[C@@H]2O[C@H](C(=O)O)[C@@H](O)[C@H](O)[C@H]2O[C@@H]2O[C@H](C(=O)O)[C@@H](O)[C@H](O)[C@H]2O)CC[C@]2(C)[C@H]3CC=C4[C@H]5C[C@@](C)(C(=O)O)CC[C@]5(C)CC[C@@]4(C)[C@]3(C)CC[C@@H]12. The number of carboxylic acids is 3. The average Bonchev–Trinajstić information content (AvgIpc) is 3.13. The van der Waals surface area contributed by atoms with Crippen LogP contribution in [0.2, 0.25) is 0 Å². The largest absolute Gasteiger partial charge is 0.481 e. The van der Waals surface area contributed by atoms with Crippen LogP contribution in [0.15, 0.2) is 11.6 Å². The van der Waals surface area contributed by atoms with Gasteiger partial charge in [-0.2, -0.15) is 0 Å². The number of aliphatic carboxylic acids is 3.